The van der Waals surface area contributed by atoms with Crippen molar-refractivity contribution in [3.8, 4) is 33.4 Å². The van der Waals surface area contributed by atoms with Crippen LogP contribution in [0.15, 0.2) is 90.2 Å². The molecule has 43 heavy (non-hydrogen) atoms. The van der Waals surface area contributed by atoms with Gasteiger partial charge in [-0.25, -0.2) is 8.78 Å². The summed E-state index contributed by atoms with van der Waals surface area (Å²) in [6.45, 7) is 1.92. The molecule has 0 atom stereocenters. The molecule has 216 valence electrons. The largest absolute Gasteiger partial charge is 0.493 e. The molecule has 0 aliphatic carbocycles. The molecule has 0 saturated carbocycles. The standard InChI is InChI=1S/C31H23F2N5O4S/c1-3-41-25-11-13-38(21-7-4-19(32)5-8-21)31(40)28(25)30(39)36-20-6-9-24(22(33)14-20)42-26-10-12-34-23-15-27(43-29(23)26)18-16-35-37(2)17-18/h4-17H,3H2,1-2H3,(H,36,39). The van der Waals surface area contributed by atoms with Crippen molar-refractivity contribution in [1.29, 1.82) is 0 Å². The highest BCUT2D eigenvalue weighted by atomic mass is 32.1. The summed E-state index contributed by atoms with van der Waals surface area (Å²) in [5.74, 6) is -1.56. The third-order valence-corrected chi connectivity index (χ3v) is 7.65. The van der Waals surface area contributed by atoms with Crippen molar-refractivity contribution >= 4 is 33.1 Å². The number of nitrogens with one attached hydrogen (secondary N) is 1. The van der Waals surface area contributed by atoms with Crippen LogP contribution in [-0.4, -0.2) is 31.8 Å². The number of amides is 1. The number of thiophene rings is 1. The van der Waals surface area contributed by atoms with Crippen LogP contribution in [0, 0.1) is 11.6 Å². The van der Waals surface area contributed by atoms with E-state index in [2.05, 4.69) is 15.4 Å². The molecule has 6 rings (SSSR count). The van der Waals surface area contributed by atoms with Gasteiger partial charge in [0.2, 0.25) is 0 Å². The molecule has 0 unspecified atom stereocenters. The van der Waals surface area contributed by atoms with Crippen molar-refractivity contribution < 1.29 is 23.0 Å². The number of halogens is 2. The average Bonchev–Trinajstić information content (AvgIpc) is 3.62. The van der Waals surface area contributed by atoms with E-state index in [9.17, 15) is 14.0 Å². The Hall–Kier alpha value is -5.36. The van der Waals surface area contributed by atoms with Crippen molar-refractivity contribution in [3.63, 3.8) is 0 Å². The minimum absolute atomic E-state index is 0.0600. The van der Waals surface area contributed by atoms with E-state index in [4.69, 9.17) is 9.47 Å². The fourth-order valence-corrected chi connectivity index (χ4v) is 5.51. The molecule has 0 radical (unpaired) electrons. The van der Waals surface area contributed by atoms with Crippen LogP contribution >= 0.6 is 11.3 Å². The number of carbonyl (C=O) groups is 1. The van der Waals surface area contributed by atoms with Crippen LogP contribution in [0.3, 0.4) is 0 Å². The lowest BCUT2D eigenvalue weighted by molar-refractivity contribution is 0.102. The van der Waals surface area contributed by atoms with Crippen molar-refractivity contribution in [1.82, 2.24) is 19.3 Å². The predicted molar refractivity (Wildman–Crippen MR) is 159 cm³/mol. The first-order chi connectivity index (χ1) is 20.8. The van der Waals surface area contributed by atoms with E-state index >= 15 is 4.39 Å². The normalized spacial score (nSPS) is 11.1. The molecule has 0 aliphatic rings. The number of ether oxygens (including phenoxy) is 2. The summed E-state index contributed by atoms with van der Waals surface area (Å²) < 4.78 is 43.8. The number of aryl methyl sites for hydroxylation is 1. The summed E-state index contributed by atoms with van der Waals surface area (Å²) >= 11 is 1.45. The quantitative estimate of drug-likeness (QED) is 0.213. The number of carbonyl (C=O) groups excluding carboxylic acids is 1. The van der Waals surface area contributed by atoms with Crippen LogP contribution in [0.1, 0.15) is 17.3 Å². The Kier molecular flexibility index (Phi) is 7.43. The fourth-order valence-electron chi connectivity index (χ4n) is 4.47. The second-order valence-electron chi connectivity index (χ2n) is 9.38. The van der Waals surface area contributed by atoms with E-state index in [-0.39, 0.29) is 29.4 Å². The van der Waals surface area contributed by atoms with E-state index in [0.717, 1.165) is 21.2 Å². The molecular weight excluding hydrogens is 576 g/mol. The molecule has 4 aromatic heterocycles. The van der Waals surface area contributed by atoms with E-state index in [1.54, 1.807) is 30.1 Å². The number of nitrogens with zero attached hydrogens (tertiary/aromatic N) is 4. The Labute approximate surface area is 247 Å². The van der Waals surface area contributed by atoms with Gasteiger partial charge < -0.3 is 14.8 Å². The molecule has 0 spiro atoms. The highest BCUT2D eigenvalue weighted by Crippen LogP contribution is 2.39. The Bertz CT molecular complexity index is 2030. The second kappa shape index (κ2) is 11.5. The van der Waals surface area contributed by atoms with Crippen LogP contribution in [0.2, 0.25) is 0 Å². The van der Waals surface area contributed by atoms with Gasteiger partial charge in [-0.05, 0) is 55.5 Å². The van der Waals surface area contributed by atoms with Crippen molar-refractivity contribution in [2.75, 3.05) is 11.9 Å². The molecule has 1 N–H and O–H groups in total. The monoisotopic (exact) mass is 599 g/mol. The smallest absolute Gasteiger partial charge is 0.271 e. The molecule has 0 aliphatic heterocycles. The van der Waals surface area contributed by atoms with Gasteiger partial charge >= 0.3 is 0 Å². The summed E-state index contributed by atoms with van der Waals surface area (Å²) in [5.41, 5.74) is 1.13. The Morgan fingerprint density at radius 1 is 1.02 bits per heavy atom. The summed E-state index contributed by atoms with van der Waals surface area (Å²) in [5, 5.41) is 6.77. The maximum Gasteiger partial charge on any atom is 0.271 e. The van der Waals surface area contributed by atoms with Crippen molar-refractivity contribution in [2.45, 2.75) is 6.92 Å². The number of fused-ring (bicyclic) bond motifs is 1. The Balaban J connectivity index is 1.26. The summed E-state index contributed by atoms with van der Waals surface area (Å²) in [6, 6.07) is 14.2. The number of anilines is 1. The van der Waals surface area contributed by atoms with Gasteiger partial charge in [-0.1, -0.05) is 0 Å². The van der Waals surface area contributed by atoms with Crippen LogP contribution in [0.5, 0.6) is 17.2 Å². The van der Waals surface area contributed by atoms with Gasteiger partial charge in [-0.15, -0.1) is 11.3 Å². The highest BCUT2D eigenvalue weighted by Gasteiger charge is 2.21. The van der Waals surface area contributed by atoms with E-state index in [0.29, 0.717) is 17.0 Å². The fraction of sp³-hybridized carbons (Fsp3) is 0.0968. The van der Waals surface area contributed by atoms with Gasteiger partial charge in [0.1, 0.15) is 22.9 Å². The maximum atomic E-state index is 15.2. The summed E-state index contributed by atoms with van der Waals surface area (Å²) in [4.78, 5) is 32.0. The Morgan fingerprint density at radius 3 is 2.56 bits per heavy atom. The molecule has 1 amide bonds. The molecule has 12 heteroatoms. The number of hydrogen-bond acceptors (Lipinski definition) is 7. The zero-order valence-corrected chi connectivity index (χ0v) is 23.7. The minimum atomic E-state index is -0.796. The molecule has 6 aromatic rings. The molecule has 4 heterocycles. The van der Waals surface area contributed by atoms with Crippen molar-refractivity contribution in [2.24, 2.45) is 7.05 Å². The minimum Gasteiger partial charge on any atom is -0.493 e. The lowest BCUT2D eigenvalue weighted by Gasteiger charge is -2.14. The lowest BCUT2D eigenvalue weighted by Crippen LogP contribution is -2.29. The van der Waals surface area contributed by atoms with Gasteiger partial charge in [-0.3, -0.25) is 23.8 Å². The molecule has 0 fully saturated rings. The summed E-state index contributed by atoms with van der Waals surface area (Å²) in [7, 11) is 1.83. The second-order valence-corrected chi connectivity index (χ2v) is 10.4. The van der Waals surface area contributed by atoms with Gasteiger partial charge in [0, 0.05) is 59.6 Å². The number of hydrogen-bond donors (Lipinski definition) is 1. The van der Waals surface area contributed by atoms with Crippen LogP contribution in [0.4, 0.5) is 14.5 Å². The molecule has 0 bridgehead atoms. The van der Waals surface area contributed by atoms with Gasteiger partial charge in [-0.2, -0.15) is 5.10 Å². The first-order valence-corrected chi connectivity index (χ1v) is 13.9. The van der Waals surface area contributed by atoms with Crippen LogP contribution in [-0.2, 0) is 7.05 Å². The first kappa shape index (κ1) is 27.8. The zero-order valence-electron chi connectivity index (χ0n) is 22.9. The maximum absolute atomic E-state index is 15.2. The summed E-state index contributed by atoms with van der Waals surface area (Å²) in [6.07, 6.45) is 6.66. The first-order valence-electron chi connectivity index (χ1n) is 13.1. The average molecular weight is 600 g/mol. The van der Waals surface area contributed by atoms with Crippen LogP contribution < -0.4 is 20.3 Å². The number of pyridine rings is 2. The highest BCUT2D eigenvalue weighted by molar-refractivity contribution is 7.22. The molecule has 9 nitrogen and oxygen atoms in total. The van der Waals surface area contributed by atoms with Gasteiger partial charge in [0.15, 0.2) is 11.6 Å². The Morgan fingerprint density at radius 2 is 1.84 bits per heavy atom. The number of benzene rings is 2. The van der Waals surface area contributed by atoms with Gasteiger partial charge in [0.05, 0.1) is 23.0 Å². The molecular formula is C31H23F2N5O4S. The van der Waals surface area contributed by atoms with E-state index in [1.165, 1.54) is 64.6 Å². The predicted octanol–water partition coefficient (Wildman–Crippen LogP) is 6.57. The number of rotatable bonds is 8. The van der Waals surface area contributed by atoms with Gasteiger partial charge in [0.25, 0.3) is 11.5 Å². The lowest BCUT2D eigenvalue weighted by atomic mass is 10.2. The van der Waals surface area contributed by atoms with E-state index in [1.807, 2.05) is 19.3 Å². The third kappa shape index (κ3) is 5.60. The van der Waals surface area contributed by atoms with Crippen LogP contribution in [0.25, 0.3) is 26.3 Å². The van der Waals surface area contributed by atoms with Crippen molar-refractivity contribution in [3.05, 3.63) is 113 Å². The zero-order chi connectivity index (χ0) is 30.1. The molecule has 2 aromatic carbocycles. The topological polar surface area (TPSA) is 100 Å². The SMILES string of the molecule is CCOc1ccn(-c2ccc(F)cc2)c(=O)c1C(=O)Nc1ccc(Oc2ccnc3cc(-c4cnn(C)c4)sc23)c(F)c1. The number of aromatic nitrogens is 4. The third-order valence-electron chi connectivity index (χ3n) is 6.46. The van der Waals surface area contributed by atoms with E-state index < -0.39 is 23.1 Å². The molecule has 0 saturated heterocycles.